The summed E-state index contributed by atoms with van der Waals surface area (Å²) in [7, 11) is 0. The predicted octanol–water partition coefficient (Wildman–Crippen LogP) is 3.25. The first-order valence-corrected chi connectivity index (χ1v) is 9.00. The molecule has 0 saturated carbocycles. The summed E-state index contributed by atoms with van der Waals surface area (Å²) in [5, 5.41) is 0. The van der Waals surface area contributed by atoms with Crippen LogP contribution in [0.4, 0.5) is 0 Å². The monoisotopic (exact) mass is 387 g/mol. The van der Waals surface area contributed by atoms with E-state index in [2.05, 4.69) is 4.90 Å². The summed E-state index contributed by atoms with van der Waals surface area (Å²) >= 11 is 0. The minimum absolute atomic E-state index is 0. The van der Waals surface area contributed by atoms with Gasteiger partial charge in [0, 0.05) is 25.2 Å². The van der Waals surface area contributed by atoms with Crippen LogP contribution in [0.2, 0.25) is 0 Å². The molecule has 6 heteroatoms. The van der Waals surface area contributed by atoms with Gasteiger partial charge in [-0.25, -0.2) is 0 Å². The van der Waals surface area contributed by atoms with Crippen LogP contribution in [0.5, 0.6) is 0 Å². The zero-order chi connectivity index (χ0) is 16.2. The summed E-state index contributed by atoms with van der Waals surface area (Å²) in [4.78, 5) is 17.4. The molecule has 0 aliphatic carbocycles. The fourth-order valence-electron chi connectivity index (χ4n) is 3.93. The van der Waals surface area contributed by atoms with Gasteiger partial charge in [-0.1, -0.05) is 43.7 Å². The van der Waals surface area contributed by atoms with E-state index in [1.807, 2.05) is 42.2 Å². The topological polar surface area (TPSA) is 49.6 Å². The van der Waals surface area contributed by atoms with Gasteiger partial charge in [0.1, 0.15) is 0 Å². The molecule has 1 amide bonds. The minimum Gasteiger partial charge on any atom is -0.341 e. The molecule has 3 unspecified atom stereocenters. The van der Waals surface area contributed by atoms with Gasteiger partial charge in [0.05, 0.1) is 5.92 Å². The lowest BCUT2D eigenvalue weighted by Gasteiger charge is -2.32. The molecule has 2 fully saturated rings. The van der Waals surface area contributed by atoms with Gasteiger partial charge in [-0.15, -0.1) is 24.8 Å². The van der Waals surface area contributed by atoms with Crippen LogP contribution in [0, 0.1) is 5.92 Å². The van der Waals surface area contributed by atoms with Gasteiger partial charge in [0.2, 0.25) is 5.91 Å². The maximum Gasteiger partial charge on any atom is 0.227 e. The van der Waals surface area contributed by atoms with Crippen LogP contribution in [0.1, 0.15) is 44.2 Å². The van der Waals surface area contributed by atoms with Crippen molar-refractivity contribution in [2.45, 2.75) is 44.7 Å². The standard InChI is InChI=1S/C19H29N3O.2ClH/c1-15(18(20)16-8-4-2-5-9-16)19(23)22-13-10-17(14-22)21-11-6-3-7-12-21;;/h2,4-5,8-9,15,17-18H,3,6-7,10-14,20H2,1H3;2*1H. The van der Waals surface area contributed by atoms with Crippen molar-refractivity contribution >= 4 is 30.7 Å². The van der Waals surface area contributed by atoms with Crippen LogP contribution in [-0.2, 0) is 4.79 Å². The zero-order valence-electron chi connectivity index (χ0n) is 15.0. The number of piperidine rings is 1. The minimum atomic E-state index is -0.224. The highest BCUT2D eigenvalue weighted by Crippen LogP contribution is 2.25. The van der Waals surface area contributed by atoms with Gasteiger partial charge in [0.15, 0.2) is 0 Å². The third-order valence-corrected chi connectivity index (χ3v) is 5.49. The first-order chi connectivity index (χ1) is 11.2. The molecule has 2 N–H and O–H groups in total. The number of amides is 1. The van der Waals surface area contributed by atoms with Crippen LogP contribution in [0.3, 0.4) is 0 Å². The number of nitrogens with two attached hydrogens (primary N) is 1. The first-order valence-electron chi connectivity index (χ1n) is 9.00. The number of rotatable bonds is 4. The number of benzene rings is 1. The number of carbonyl (C=O) groups is 1. The number of halogens is 2. The Kier molecular flexibility index (Phi) is 9.22. The van der Waals surface area contributed by atoms with E-state index in [4.69, 9.17) is 5.73 Å². The second-order valence-electron chi connectivity index (χ2n) is 7.05. The smallest absolute Gasteiger partial charge is 0.227 e. The quantitative estimate of drug-likeness (QED) is 0.862. The van der Waals surface area contributed by atoms with Crippen molar-refractivity contribution in [3.05, 3.63) is 35.9 Å². The molecule has 3 rings (SSSR count). The van der Waals surface area contributed by atoms with Gasteiger partial charge in [0.25, 0.3) is 0 Å². The summed E-state index contributed by atoms with van der Waals surface area (Å²) in [6.45, 7) is 6.13. The lowest BCUT2D eigenvalue weighted by atomic mass is 9.94. The molecule has 2 saturated heterocycles. The van der Waals surface area contributed by atoms with Gasteiger partial charge >= 0.3 is 0 Å². The van der Waals surface area contributed by atoms with Crippen molar-refractivity contribution in [2.24, 2.45) is 11.7 Å². The molecule has 142 valence electrons. The summed E-state index contributed by atoms with van der Waals surface area (Å²) < 4.78 is 0. The first kappa shape index (κ1) is 22.2. The van der Waals surface area contributed by atoms with E-state index in [-0.39, 0.29) is 42.7 Å². The zero-order valence-corrected chi connectivity index (χ0v) is 16.6. The average Bonchev–Trinajstić information content (AvgIpc) is 3.11. The lowest BCUT2D eigenvalue weighted by Crippen LogP contribution is -2.43. The van der Waals surface area contributed by atoms with E-state index in [1.165, 1.54) is 32.4 Å². The van der Waals surface area contributed by atoms with Crippen LogP contribution < -0.4 is 5.73 Å². The lowest BCUT2D eigenvalue weighted by molar-refractivity contribution is -0.134. The molecule has 2 aliphatic rings. The molecule has 4 nitrogen and oxygen atoms in total. The van der Waals surface area contributed by atoms with Crippen molar-refractivity contribution in [3.8, 4) is 0 Å². The SMILES string of the molecule is CC(C(=O)N1CCC(N2CCCCC2)C1)C(N)c1ccccc1.Cl.Cl. The Balaban J connectivity index is 0.00000156. The van der Waals surface area contributed by atoms with E-state index in [1.54, 1.807) is 0 Å². The third-order valence-electron chi connectivity index (χ3n) is 5.49. The summed E-state index contributed by atoms with van der Waals surface area (Å²) in [5.74, 6) is 0.0402. The van der Waals surface area contributed by atoms with Gasteiger partial charge in [-0.3, -0.25) is 9.69 Å². The molecule has 1 aromatic rings. The molecule has 0 radical (unpaired) electrons. The Morgan fingerprint density at radius 1 is 1.08 bits per heavy atom. The highest BCUT2D eigenvalue weighted by Gasteiger charge is 2.34. The second kappa shape index (κ2) is 10.4. The molecule has 25 heavy (non-hydrogen) atoms. The van der Waals surface area contributed by atoms with E-state index in [0.29, 0.717) is 6.04 Å². The van der Waals surface area contributed by atoms with Crippen molar-refractivity contribution in [3.63, 3.8) is 0 Å². The Morgan fingerprint density at radius 3 is 2.36 bits per heavy atom. The maximum absolute atomic E-state index is 12.8. The molecule has 2 heterocycles. The Hall–Kier alpha value is -0.810. The Morgan fingerprint density at radius 2 is 1.72 bits per heavy atom. The average molecular weight is 388 g/mol. The molecule has 1 aromatic carbocycles. The molecular formula is C19H31Cl2N3O. The number of carbonyl (C=O) groups excluding carboxylic acids is 1. The normalized spacial score (nSPS) is 23.3. The van der Waals surface area contributed by atoms with E-state index in [9.17, 15) is 4.79 Å². The summed E-state index contributed by atoms with van der Waals surface area (Å²) in [6, 6.07) is 10.3. The highest BCUT2D eigenvalue weighted by molar-refractivity contribution is 5.85. The molecule has 0 spiro atoms. The number of likely N-dealkylation sites (tertiary alicyclic amines) is 2. The Bertz CT molecular complexity index is 523. The molecule has 2 aliphatic heterocycles. The van der Waals surface area contributed by atoms with Crippen LogP contribution in [0.15, 0.2) is 30.3 Å². The molecular weight excluding hydrogens is 357 g/mol. The number of hydrogen-bond donors (Lipinski definition) is 1. The van der Waals surface area contributed by atoms with Crippen molar-refractivity contribution in [2.75, 3.05) is 26.2 Å². The number of nitrogens with zero attached hydrogens (tertiary/aromatic N) is 2. The van der Waals surface area contributed by atoms with E-state index < -0.39 is 0 Å². The summed E-state index contributed by atoms with van der Waals surface area (Å²) in [5.41, 5.74) is 7.37. The molecule has 0 aromatic heterocycles. The summed E-state index contributed by atoms with van der Waals surface area (Å²) in [6.07, 6.45) is 5.08. The van der Waals surface area contributed by atoms with Crippen molar-refractivity contribution in [1.82, 2.24) is 9.80 Å². The number of hydrogen-bond acceptors (Lipinski definition) is 3. The van der Waals surface area contributed by atoms with Crippen molar-refractivity contribution in [1.29, 1.82) is 0 Å². The molecule has 0 bridgehead atoms. The van der Waals surface area contributed by atoms with Gasteiger partial charge in [-0.2, -0.15) is 0 Å². The van der Waals surface area contributed by atoms with Gasteiger partial charge in [-0.05, 0) is 37.9 Å². The van der Waals surface area contributed by atoms with Crippen LogP contribution >= 0.6 is 24.8 Å². The van der Waals surface area contributed by atoms with Crippen LogP contribution in [0.25, 0.3) is 0 Å². The van der Waals surface area contributed by atoms with Crippen molar-refractivity contribution < 1.29 is 4.79 Å². The van der Waals surface area contributed by atoms with Crippen LogP contribution in [-0.4, -0.2) is 47.9 Å². The largest absolute Gasteiger partial charge is 0.341 e. The maximum atomic E-state index is 12.8. The van der Waals surface area contributed by atoms with Gasteiger partial charge < -0.3 is 10.6 Å². The highest BCUT2D eigenvalue weighted by atomic mass is 35.5. The predicted molar refractivity (Wildman–Crippen MR) is 107 cm³/mol. The van der Waals surface area contributed by atoms with E-state index in [0.717, 1.165) is 25.1 Å². The van der Waals surface area contributed by atoms with E-state index >= 15 is 0 Å². The second-order valence-corrected chi connectivity index (χ2v) is 7.05. The fourth-order valence-corrected chi connectivity index (χ4v) is 3.93. The third kappa shape index (κ3) is 5.33. The fraction of sp³-hybridized carbons (Fsp3) is 0.632. The Labute approximate surface area is 163 Å². The molecule has 3 atom stereocenters.